The average Bonchev–Trinajstić information content (AvgIpc) is 2.65. The van der Waals surface area contributed by atoms with E-state index >= 15 is 0 Å². The van der Waals surface area contributed by atoms with Crippen LogP contribution in [0.4, 0.5) is 4.39 Å². The molecule has 19 heavy (non-hydrogen) atoms. The van der Waals surface area contributed by atoms with Crippen molar-refractivity contribution in [3.63, 3.8) is 0 Å². The zero-order chi connectivity index (χ0) is 14.1. The monoisotopic (exact) mass is 285 g/mol. The number of amides is 1. The molecule has 0 N–H and O–H groups in total. The Morgan fingerprint density at radius 3 is 2.47 bits per heavy atom. The molecule has 2 rings (SSSR count). The number of nitrogens with zero attached hydrogens (tertiary/aromatic N) is 1. The van der Waals surface area contributed by atoms with Gasteiger partial charge in [-0.3, -0.25) is 4.79 Å². The van der Waals surface area contributed by atoms with Crippen LogP contribution >= 0.6 is 11.8 Å². The van der Waals surface area contributed by atoms with Gasteiger partial charge in [-0.1, -0.05) is 44.9 Å². The van der Waals surface area contributed by atoms with E-state index < -0.39 is 10.4 Å². The Hall–Kier alpha value is -0.380. The third kappa shape index (κ3) is 3.21. The number of thioether (sulfide) groups is 1. The first-order valence-electron chi connectivity index (χ1n) is 7.36. The fraction of sp³-hybridized carbons (Fsp3) is 0.867. The molecule has 1 fully saturated rings. The highest BCUT2D eigenvalue weighted by Crippen LogP contribution is 2.43. The van der Waals surface area contributed by atoms with Crippen molar-refractivity contribution < 1.29 is 9.18 Å². The summed E-state index contributed by atoms with van der Waals surface area (Å²) in [4.78, 5) is 16.1. The SMILES string of the molecule is CC(C)[C@]1(C)SC(CCC2(F)CCCCC2)=NC1=O. The second kappa shape index (κ2) is 5.55. The molecule has 2 nitrogen and oxygen atoms in total. The van der Waals surface area contributed by atoms with Crippen molar-refractivity contribution in [2.24, 2.45) is 10.9 Å². The van der Waals surface area contributed by atoms with Crippen LogP contribution in [0, 0.1) is 5.92 Å². The smallest absolute Gasteiger partial charge is 0.263 e. The third-order valence-electron chi connectivity index (χ3n) is 4.62. The van der Waals surface area contributed by atoms with Gasteiger partial charge in [-0.25, -0.2) is 9.38 Å². The maximum atomic E-state index is 14.5. The maximum Gasteiger partial charge on any atom is 0.263 e. The van der Waals surface area contributed by atoms with Crippen molar-refractivity contribution in [1.29, 1.82) is 0 Å². The lowest BCUT2D eigenvalue weighted by Crippen LogP contribution is -2.33. The van der Waals surface area contributed by atoms with E-state index in [0.29, 0.717) is 25.7 Å². The van der Waals surface area contributed by atoms with Crippen LogP contribution in [-0.4, -0.2) is 21.4 Å². The molecule has 0 unspecified atom stereocenters. The van der Waals surface area contributed by atoms with Gasteiger partial charge >= 0.3 is 0 Å². The number of hydrogen-bond donors (Lipinski definition) is 0. The Morgan fingerprint density at radius 2 is 1.95 bits per heavy atom. The summed E-state index contributed by atoms with van der Waals surface area (Å²) in [6.07, 6.45) is 5.67. The molecule has 0 aromatic carbocycles. The van der Waals surface area contributed by atoms with Gasteiger partial charge in [0.25, 0.3) is 5.91 Å². The summed E-state index contributed by atoms with van der Waals surface area (Å²) in [5, 5.41) is 0.837. The number of hydrogen-bond acceptors (Lipinski definition) is 2. The summed E-state index contributed by atoms with van der Waals surface area (Å²) in [6, 6.07) is 0. The van der Waals surface area contributed by atoms with Gasteiger partial charge < -0.3 is 0 Å². The van der Waals surface area contributed by atoms with Gasteiger partial charge in [0, 0.05) is 0 Å². The van der Waals surface area contributed by atoms with Crippen LogP contribution in [0.15, 0.2) is 4.99 Å². The molecule has 1 aliphatic heterocycles. The van der Waals surface area contributed by atoms with E-state index in [1.54, 1.807) is 11.8 Å². The number of alkyl halides is 1. The highest BCUT2D eigenvalue weighted by atomic mass is 32.2. The highest BCUT2D eigenvalue weighted by molar-refractivity contribution is 8.16. The normalized spacial score (nSPS) is 30.8. The number of carbonyl (C=O) groups is 1. The van der Waals surface area contributed by atoms with Crippen molar-refractivity contribution in [1.82, 2.24) is 0 Å². The van der Waals surface area contributed by atoms with Crippen molar-refractivity contribution in [3.05, 3.63) is 0 Å². The predicted octanol–water partition coefficient (Wildman–Crippen LogP) is 4.53. The highest BCUT2D eigenvalue weighted by Gasteiger charge is 2.44. The van der Waals surface area contributed by atoms with Crippen molar-refractivity contribution in [2.45, 2.75) is 76.1 Å². The molecule has 2 aliphatic rings. The lowest BCUT2D eigenvalue weighted by Gasteiger charge is -2.29. The minimum atomic E-state index is -1.01. The fourth-order valence-electron chi connectivity index (χ4n) is 2.77. The zero-order valence-electron chi connectivity index (χ0n) is 12.2. The number of aliphatic imine (C=N–C) groups is 1. The molecule has 4 heteroatoms. The first kappa shape index (κ1) is 15.0. The second-order valence-electron chi connectivity index (χ2n) is 6.39. The lowest BCUT2D eigenvalue weighted by molar-refractivity contribution is -0.120. The molecule has 0 bridgehead atoms. The first-order chi connectivity index (χ1) is 8.86. The molecule has 0 aromatic heterocycles. The van der Waals surface area contributed by atoms with E-state index in [1.807, 2.05) is 20.8 Å². The van der Waals surface area contributed by atoms with Crippen LogP contribution in [-0.2, 0) is 4.79 Å². The van der Waals surface area contributed by atoms with E-state index in [0.717, 1.165) is 24.3 Å². The maximum absolute atomic E-state index is 14.5. The molecule has 0 aromatic rings. The molecule has 0 radical (unpaired) electrons. The Morgan fingerprint density at radius 1 is 1.32 bits per heavy atom. The van der Waals surface area contributed by atoms with Crippen LogP contribution in [0.25, 0.3) is 0 Å². The number of halogens is 1. The molecule has 1 amide bonds. The number of carbonyl (C=O) groups excluding carboxylic acids is 1. The van der Waals surface area contributed by atoms with Gasteiger partial charge in [-0.05, 0) is 38.5 Å². The molecule has 1 heterocycles. The largest absolute Gasteiger partial charge is 0.271 e. The van der Waals surface area contributed by atoms with Gasteiger partial charge in [-0.2, -0.15) is 0 Å². The molecule has 1 aliphatic carbocycles. The van der Waals surface area contributed by atoms with Crippen LogP contribution < -0.4 is 0 Å². The summed E-state index contributed by atoms with van der Waals surface area (Å²) in [5.74, 6) is 0.208. The lowest BCUT2D eigenvalue weighted by atomic mass is 9.83. The molecular formula is C15H24FNOS. The zero-order valence-corrected chi connectivity index (χ0v) is 13.0. The average molecular weight is 285 g/mol. The third-order valence-corrected chi connectivity index (χ3v) is 6.22. The first-order valence-corrected chi connectivity index (χ1v) is 8.17. The van der Waals surface area contributed by atoms with Crippen molar-refractivity contribution in [2.75, 3.05) is 0 Å². The predicted molar refractivity (Wildman–Crippen MR) is 79.4 cm³/mol. The van der Waals surface area contributed by atoms with Crippen LogP contribution in [0.3, 0.4) is 0 Å². The van der Waals surface area contributed by atoms with Crippen LogP contribution in [0.5, 0.6) is 0 Å². The van der Waals surface area contributed by atoms with Crippen molar-refractivity contribution in [3.8, 4) is 0 Å². The number of rotatable bonds is 4. The summed E-state index contributed by atoms with van der Waals surface area (Å²) >= 11 is 1.55. The van der Waals surface area contributed by atoms with E-state index in [-0.39, 0.29) is 11.8 Å². The van der Waals surface area contributed by atoms with Gasteiger partial charge in [0.15, 0.2) is 0 Å². The molecular weight excluding hydrogens is 261 g/mol. The second-order valence-corrected chi connectivity index (χ2v) is 7.91. The van der Waals surface area contributed by atoms with E-state index in [4.69, 9.17) is 0 Å². The summed E-state index contributed by atoms with van der Waals surface area (Å²) in [5.41, 5.74) is -1.01. The van der Waals surface area contributed by atoms with Gasteiger partial charge in [-0.15, -0.1) is 0 Å². The van der Waals surface area contributed by atoms with E-state index in [2.05, 4.69) is 4.99 Å². The molecule has 1 atom stereocenters. The molecule has 108 valence electrons. The van der Waals surface area contributed by atoms with Gasteiger partial charge in [0.2, 0.25) is 0 Å². The van der Waals surface area contributed by atoms with E-state index in [1.165, 1.54) is 0 Å². The minimum absolute atomic E-state index is 0.0425. The summed E-state index contributed by atoms with van der Waals surface area (Å²) < 4.78 is 14.1. The molecule has 0 saturated heterocycles. The summed E-state index contributed by atoms with van der Waals surface area (Å²) in [6.45, 7) is 6.04. The topological polar surface area (TPSA) is 29.4 Å². The molecule has 0 spiro atoms. The summed E-state index contributed by atoms with van der Waals surface area (Å²) in [7, 11) is 0. The Bertz CT molecular complexity index is 388. The van der Waals surface area contributed by atoms with Crippen molar-refractivity contribution >= 4 is 22.7 Å². The molecule has 1 saturated carbocycles. The quantitative estimate of drug-likeness (QED) is 0.759. The standard InChI is InChI=1S/C15H24FNOS/c1-11(2)14(3)13(18)17-12(19-14)7-10-15(16)8-5-4-6-9-15/h11H,4-10H2,1-3H3/t14-/m0/s1. The fourth-order valence-corrected chi connectivity index (χ4v) is 3.96. The Balaban J connectivity index is 1.91. The van der Waals surface area contributed by atoms with Gasteiger partial charge in [0.05, 0.1) is 5.04 Å². The minimum Gasteiger partial charge on any atom is -0.271 e. The van der Waals surface area contributed by atoms with Crippen LogP contribution in [0.2, 0.25) is 0 Å². The van der Waals surface area contributed by atoms with Gasteiger partial charge in [0.1, 0.15) is 10.4 Å². The van der Waals surface area contributed by atoms with E-state index in [9.17, 15) is 9.18 Å². The Labute approximate surface area is 119 Å². The van der Waals surface area contributed by atoms with Crippen LogP contribution in [0.1, 0.15) is 65.7 Å². The Kier molecular flexibility index (Phi) is 4.38.